The molecule has 0 aliphatic carbocycles. The molecule has 0 fully saturated rings. The highest BCUT2D eigenvalue weighted by Gasteiger charge is 2.11. The van der Waals surface area contributed by atoms with E-state index in [9.17, 15) is 0 Å². The normalized spacial score (nSPS) is 15.9. The Labute approximate surface area is 89.4 Å². The second kappa shape index (κ2) is 4.40. The zero-order chi connectivity index (χ0) is 10.7. The predicted octanol–water partition coefficient (Wildman–Crippen LogP) is 1.22. The van der Waals surface area contributed by atoms with Gasteiger partial charge >= 0.3 is 0 Å². The molecule has 3 N–H and O–H groups in total. The fourth-order valence-corrected chi connectivity index (χ4v) is 1.48. The molecular weight excluding hydrogens is 192 g/mol. The van der Waals surface area contributed by atoms with Gasteiger partial charge in [-0.15, -0.1) is 0 Å². The van der Waals surface area contributed by atoms with E-state index >= 15 is 0 Å². The van der Waals surface area contributed by atoms with Gasteiger partial charge in [-0.2, -0.15) is 0 Å². The fourth-order valence-electron chi connectivity index (χ4n) is 1.48. The second-order valence-corrected chi connectivity index (χ2v) is 3.64. The number of benzene rings is 1. The molecule has 0 saturated heterocycles. The molecule has 1 aliphatic heterocycles. The van der Waals surface area contributed by atoms with Crippen molar-refractivity contribution in [2.75, 3.05) is 25.1 Å². The molecule has 0 saturated carbocycles. The van der Waals surface area contributed by atoms with Crippen molar-refractivity contribution in [2.24, 2.45) is 5.73 Å². The van der Waals surface area contributed by atoms with Gasteiger partial charge in [-0.05, 0) is 19.1 Å². The van der Waals surface area contributed by atoms with Crippen molar-refractivity contribution in [1.29, 1.82) is 0 Å². The molecule has 0 spiro atoms. The molecule has 1 atom stereocenters. The Morgan fingerprint density at radius 1 is 1.33 bits per heavy atom. The average molecular weight is 208 g/mol. The molecule has 4 nitrogen and oxygen atoms in total. The largest absolute Gasteiger partial charge is 0.486 e. The number of nitrogens with two attached hydrogens (primary N) is 1. The monoisotopic (exact) mass is 208 g/mol. The maximum absolute atomic E-state index is 5.54. The van der Waals surface area contributed by atoms with E-state index in [0.29, 0.717) is 19.8 Å². The highest BCUT2D eigenvalue weighted by atomic mass is 16.6. The van der Waals surface area contributed by atoms with Crippen LogP contribution in [0.3, 0.4) is 0 Å². The first-order chi connectivity index (χ1) is 7.29. The highest BCUT2D eigenvalue weighted by molar-refractivity contribution is 5.55. The molecule has 4 heteroatoms. The Balaban J connectivity index is 2.13. The summed E-state index contributed by atoms with van der Waals surface area (Å²) in [6.45, 7) is 3.88. The standard InChI is InChI=1S/C11H16N2O2/c1-8(7-12)13-9-2-3-10-11(6-9)15-5-4-14-10/h2-3,6,8,13H,4-5,7,12H2,1H3. The second-order valence-electron chi connectivity index (χ2n) is 3.64. The quantitative estimate of drug-likeness (QED) is 0.784. The smallest absolute Gasteiger partial charge is 0.163 e. The maximum Gasteiger partial charge on any atom is 0.163 e. The molecule has 0 amide bonds. The van der Waals surface area contributed by atoms with E-state index < -0.39 is 0 Å². The van der Waals surface area contributed by atoms with Gasteiger partial charge in [0.25, 0.3) is 0 Å². The van der Waals surface area contributed by atoms with Crippen LogP contribution in [-0.2, 0) is 0 Å². The lowest BCUT2D eigenvalue weighted by atomic mass is 10.2. The van der Waals surface area contributed by atoms with Gasteiger partial charge in [-0.25, -0.2) is 0 Å². The molecule has 1 aromatic rings. The van der Waals surface area contributed by atoms with Crippen LogP contribution in [0.4, 0.5) is 5.69 Å². The minimum Gasteiger partial charge on any atom is -0.486 e. The van der Waals surface area contributed by atoms with Gasteiger partial charge in [0, 0.05) is 24.3 Å². The van der Waals surface area contributed by atoms with Gasteiger partial charge in [0.15, 0.2) is 11.5 Å². The SMILES string of the molecule is CC(CN)Nc1ccc2c(c1)OCCO2. The number of nitrogens with one attached hydrogen (secondary N) is 1. The molecule has 0 aromatic heterocycles. The van der Waals surface area contributed by atoms with Crippen LogP contribution in [0.15, 0.2) is 18.2 Å². The van der Waals surface area contributed by atoms with Gasteiger partial charge in [-0.1, -0.05) is 0 Å². The molecular formula is C11H16N2O2. The Morgan fingerprint density at radius 2 is 2.07 bits per heavy atom. The summed E-state index contributed by atoms with van der Waals surface area (Å²) in [5.41, 5.74) is 6.55. The first-order valence-electron chi connectivity index (χ1n) is 5.16. The summed E-state index contributed by atoms with van der Waals surface area (Å²) < 4.78 is 10.9. The zero-order valence-corrected chi connectivity index (χ0v) is 8.82. The highest BCUT2D eigenvalue weighted by Crippen LogP contribution is 2.32. The van der Waals surface area contributed by atoms with Crippen LogP contribution in [0.2, 0.25) is 0 Å². The fraction of sp³-hybridized carbons (Fsp3) is 0.455. The van der Waals surface area contributed by atoms with E-state index in [1.165, 1.54) is 0 Å². The Kier molecular flexibility index (Phi) is 2.97. The van der Waals surface area contributed by atoms with Gasteiger partial charge in [0.2, 0.25) is 0 Å². The number of ether oxygens (including phenoxy) is 2. The van der Waals surface area contributed by atoms with Gasteiger partial charge in [0.05, 0.1) is 0 Å². The first kappa shape index (κ1) is 10.1. The predicted molar refractivity (Wildman–Crippen MR) is 59.6 cm³/mol. The van der Waals surface area contributed by atoms with Crippen LogP contribution >= 0.6 is 0 Å². The Bertz CT molecular complexity index is 341. The van der Waals surface area contributed by atoms with Gasteiger partial charge < -0.3 is 20.5 Å². The van der Waals surface area contributed by atoms with Crippen molar-refractivity contribution < 1.29 is 9.47 Å². The minimum atomic E-state index is 0.257. The zero-order valence-electron chi connectivity index (χ0n) is 8.82. The number of hydrogen-bond donors (Lipinski definition) is 2. The number of fused-ring (bicyclic) bond motifs is 1. The topological polar surface area (TPSA) is 56.5 Å². The van der Waals surface area contributed by atoms with E-state index in [4.69, 9.17) is 15.2 Å². The van der Waals surface area contributed by atoms with Crippen molar-refractivity contribution in [2.45, 2.75) is 13.0 Å². The third kappa shape index (κ3) is 2.33. The summed E-state index contributed by atoms with van der Waals surface area (Å²) in [4.78, 5) is 0. The summed E-state index contributed by atoms with van der Waals surface area (Å²) in [5, 5.41) is 3.28. The molecule has 0 bridgehead atoms. The van der Waals surface area contributed by atoms with Crippen molar-refractivity contribution in [3.05, 3.63) is 18.2 Å². The lowest BCUT2D eigenvalue weighted by Crippen LogP contribution is -2.25. The first-order valence-corrected chi connectivity index (χ1v) is 5.16. The Morgan fingerprint density at radius 3 is 2.80 bits per heavy atom. The van der Waals surface area contributed by atoms with E-state index in [1.807, 2.05) is 25.1 Å². The van der Waals surface area contributed by atoms with Crippen molar-refractivity contribution in [3.8, 4) is 11.5 Å². The summed E-state index contributed by atoms with van der Waals surface area (Å²) in [5.74, 6) is 1.61. The summed E-state index contributed by atoms with van der Waals surface area (Å²) >= 11 is 0. The molecule has 1 aliphatic rings. The van der Waals surface area contributed by atoms with E-state index in [0.717, 1.165) is 17.2 Å². The van der Waals surface area contributed by atoms with Crippen LogP contribution in [0, 0.1) is 0 Å². The number of anilines is 1. The van der Waals surface area contributed by atoms with E-state index in [2.05, 4.69) is 5.32 Å². The van der Waals surface area contributed by atoms with Crippen LogP contribution in [0.25, 0.3) is 0 Å². The molecule has 0 radical (unpaired) electrons. The number of hydrogen-bond acceptors (Lipinski definition) is 4. The van der Waals surface area contributed by atoms with Gasteiger partial charge in [-0.3, -0.25) is 0 Å². The third-order valence-electron chi connectivity index (χ3n) is 2.31. The van der Waals surface area contributed by atoms with Crippen molar-refractivity contribution in [3.63, 3.8) is 0 Å². The number of rotatable bonds is 3. The molecule has 82 valence electrons. The summed E-state index contributed by atoms with van der Waals surface area (Å²) in [7, 11) is 0. The lowest BCUT2D eigenvalue weighted by molar-refractivity contribution is 0.171. The average Bonchev–Trinajstić information content (AvgIpc) is 2.29. The van der Waals surface area contributed by atoms with E-state index in [-0.39, 0.29) is 6.04 Å². The van der Waals surface area contributed by atoms with E-state index in [1.54, 1.807) is 0 Å². The van der Waals surface area contributed by atoms with Crippen molar-refractivity contribution in [1.82, 2.24) is 0 Å². The minimum absolute atomic E-state index is 0.257. The molecule has 2 rings (SSSR count). The lowest BCUT2D eigenvalue weighted by Gasteiger charge is -2.20. The summed E-state index contributed by atoms with van der Waals surface area (Å²) in [6.07, 6.45) is 0. The van der Waals surface area contributed by atoms with Gasteiger partial charge in [0.1, 0.15) is 13.2 Å². The van der Waals surface area contributed by atoms with Crippen LogP contribution < -0.4 is 20.5 Å². The summed E-state index contributed by atoms with van der Waals surface area (Å²) in [6, 6.07) is 6.09. The third-order valence-corrected chi connectivity index (χ3v) is 2.31. The molecule has 1 unspecified atom stereocenters. The van der Waals surface area contributed by atoms with Crippen molar-refractivity contribution >= 4 is 5.69 Å². The molecule has 1 aromatic carbocycles. The maximum atomic E-state index is 5.54. The van der Waals surface area contributed by atoms with Crippen LogP contribution in [-0.4, -0.2) is 25.8 Å². The van der Waals surface area contributed by atoms with Crippen LogP contribution in [0.1, 0.15) is 6.92 Å². The Hall–Kier alpha value is -1.42. The molecule has 15 heavy (non-hydrogen) atoms. The molecule has 1 heterocycles. The van der Waals surface area contributed by atoms with Crippen LogP contribution in [0.5, 0.6) is 11.5 Å².